The molecule has 0 fully saturated rings. The van der Waals surface area contributed by atoms with Crippen molar-refractivity contribution in [3.8, 4) is 0 Å². The Balaban J connectivity index is 4.11. The van der Waals surface area contributed by atoms with Crippen molar-refractivity contribution in [2.75, 3.05) is 7.11 Å². The van der Waals surface area contributed by atoms with Crippen molar-refractivity contribution in [3.05, 3.63) is 24.5 Å². The highest BCUT2D eigenvalue weighted by Crippen LogP contribution is 2.17. The molecule has 0 aromatic heterocycles. The second-order valence-corrected chi connectivity index (χ2v) is 5.70. The summed E-state index contributed by atoms with van der Waals surface area (Å²) in [6, 6.07) is 0. The van der Waals surface area contributed by atoms with Crippen LogP contribution in [0.2, 0.25) is 0 Å². The number of ether oxygens (including phenoxy) is 3. The van der Waals surface area contributed by atoms with Crippen LogP contribution in [0.5, 0.6) is 0 Å². The largest absolute Gasteiger partial charge is 0.509 e. The van der Waals surface area contributed by atoms with E-state index in [-0.39, 0.29) is 12.0 Å². The van der Waals surface area contributed by atoms with Crippen molar-refractivity contribution in [1.29, 1.82) is 0 Å². The quantitative estimate of drug-likeness (QED) is 0.375. The van der Waals surface area contributed by atoms with E-state index in [4.69, 9.17) is 14.2 Å². The minimum atomic E-state index is -0.608. The zero-order valence-electron chi connectivity index (χ0n) is 13.5. The molecular formula is C16H28O4. The molecule has 0 aromatic rings. The average molecular weight is 284 g/mol. The van der Waals surface area contributed by atoms with Crippen LogP contribution in [0.15, 0.2) is 24.5 Å². The molecule has 0 saturated carbocycles. The number of methoxy groups -OCH3 is 1. The van der Waals surface area contributed by atoms with Gasteiger partial charge in [0.15, 0.2) is 0 Å². The molecule has 4 heteroatoms. The molecule has 0 aromatic carbocycles. The molecular weight excluding hydrogens is 256 g/mol. The van der Waals surface area contributed by atoms with Gasteiger partial charge in [0.1, 0.15) is 11.7 Å². The maximum Gasteiger partial charge on any atom is 0.509 e. The number of hydrogen-bond donors (Lipinski definition) is 0. The molecule has 0 rings (SSSR count). The molecule has 4 nitrogen and oxygen atoms in total. The summed E-state index contributed by atoms with van der Waals surface area (Å²) in [4.78, 5) is 11.7. The van der Waals surface area contributed by atoms with E-state index in [1.165, 1.54) is 0 Å². The predicted octanol–water partition coefficient (Wildman–Crippen LogP) is 4.46. The highest BCUT2D eigenvalue weighted by Gasteiger charge is 2.24. The third-order valence-corrected chi connectivity index (χ3v) is 2.86. The van der Waals surface area contributed by atoms with Gasteiger partial charge in [0, 0.05) is 6.42 Å². The van der Waals surface area contributed by atoms with E-state index in [0.29, 0.717) is 6.42 Å². The van der Waals surface area contributed by atoms with Crippen LogP contribution >= 0.6 is 0 Å². The van der Waals surface area contributed by atoms with Gasteiger partial charge in [-0.05, 0) is 39.2 Å². The molecule has 0 bridgehead atoms. The molecule has 0 heterocycles. The highest BCUT2D eigenvalue weighted by molar-refractivity contribution is 5.60. The van der Waals surface area contributed by atoms with Crippen LogP contribution in [0.1, 0.15) is 47.5 Å². The summed E-state index contributed by atoms with van der Waals surface area (Å²) in [5.74, 6) is 0.276. The molecule has 0 aliphatic carbocycles. The van der Waals surface area contributed by atoms with Gasteiger partial charge < -0.3 is 14.2 Å². The minimum absolute atomic E-state index is 0.145. The maximum atomic E-state index is 11.7. The number of hydrogen-bond acceptors (Lipinski definition) is 4. The minimum Gasteiger partial charge on any atom is -0.505 e. The number of rotatable bonds is 8. The Morgan fingerprint density at radius 1 is 1.15 bits per heavy atom. The summed E-state index contributed by atoms with van der Waals surface area (Å²) < 4.78 is 15.3. The van der Waals surface area contributed by atoms with E-state index in [1.54, 1.807) is 13.4 Å². The van der Waals surface area contributed by atoms with Crippen LogP contribution in [-0.2, 0) is 14.2 Å². The van der Waals surface area contributed by atoms with Gasteiger partial charge in [-0.25, -0.2) is 4.79 Å². The Labute approximate surface area is 122 Å². The van der Waals surface area contributed by atoms with Crippen LogP contribution < -0.4 is 0 Å². The van der Waals surface area contributed by atoms with Gasteiger partial charge in [-0.15, -0.1) is 0 Å². The number of carbonyl (C=O) groups excluding carboxylic acids is 1. The van der Waals surface area contributed by atoms with Crippen LogP contribution in [0, 0.1) is 5.92 Å². The lowest BCUT2D eigenvalue weighted by molar-refractivity contribution is -0.0376. The first kappa shape index (κ1) is 18.6. The Hall–Kier alpha value is -1.45. The molecule has 0 aliphatic heterocycles. The third kappa shape index (κ3) is 9.48. The molecule has 1 unspecified atom stereocenters. The first-order chi connectivity index (χ1) is 9.28. The third-order valence-electron chi connectivity index (χ3n) is 2.86. The lowest BCUT2D eigenvalue weighted by atomic mass is 10.0. The first-order valence-electron chi connectivity index (χ1n) is 7.01. The van der Waals surface area contributed by atoms with Crippen molar-refractivity contribution >= 4 is 6.16 Å². The van der Waals surface area contributed by atoms with E-state index in [0.717, 1.165) is 6.42 Å². The van der Waals surface area contributed by atoms with Gasteiger partial charge in [-0.2, -0.15) is 0 Å². The van der Waals surface area contributed by atoms with Crippen molar-refractivity contribution in [2.45, 2.75) is 59.2 Å². The van der Waals surface area contributed by atoms with Gasteiger partial charge in [0.05, 0.1) is 13.4 Å². The second kappa shape index (κ2) is 9.45. The molecule has 0 amide bonds. The Morgan fingerprint density at radius 2 is 1.80 bits per heavy atom. The summed E-state index contributed by atoms with van der Waals surface area (Å²) in [5, 5.41) is 0. The maximum absolute atomic E-state index is 11.7. The van der Waals surface area contributed by atoms with Crippen molar-refractivity contribution in [1.82, 2.24) is 0 Å². The molecule has 0 spiro atoms. The molecule has 116 valence electrons. The average Bonchev–Trinajstić information content (AvgIpc) is 2.32. The van der Waals surface area contributed by atoms with Crippen molar-refractivity contribution < 1.29 is 19.0 Å². The zero-order chi connectivity index (χ0) is 15.6. The van der Waals surface area contributed by atoms with Crippen LogP contribution in [0.4, 0.5) is 4.79 Å². The van der Waals surface area contributed by atoms with E-state index >= 15 is 0 Å². The van der Waals surface area contributed by atoms with Gasteiger partial charge in [0.25, 0.3) is 0 Å². The van der Waals surface area contributed by atoms with Gasteiger partial charge in [0.2, 0.25) is 0 Å². The van der Waals surface area contributed by atoms with Gasteiger partial charge in [-0.1, -0.05) is 26.0 Å². The summed E-state index contributed by atoms with van der Waals surface area (Å²) in [5.41, 5.74) is -0.574. The summed E-state index contributed by atoms with van der Waals surface area (Å²) >= 11 is 0. The van der Waals surface area contributed by atoms with Crippen LogP contribution in [-0.4, -0.2) is 25.0 Å². The number of allylic oxidation sites excluding steroid dienone is 2. The van der Waals surface area contributed by atoms with E-state index in [1.807, 2.05) is 52.8 Å². The van der Waals surface area contributed by atoms with E-state index < -0.39 is 11.8 Å². The lowest BCUT2D eigenvalue weighted by Gasteiger charge is -2.25. The predicted molar refractivity (Wildman–Crippen MR) is 80.5 cm³/mol. The molecule has 1 atom stereocenters. The topological polar surface area (TPSA) is 44.8 Å². The molecule has 0 saturated heterocycles. The normalized spacial score (nSPS) is 13.9. The Morgan fingerprint density at radius 3 is 2.35 bits per heavy atom. The summed E-state index contributed by atoms with van der Waals surface area (Å²) in [7, 11) is 1.61. The zero-order valence-corrected chi connectivity index (χ0v) is 13.5. The van der Waals surface area contributed by atoms with Crippen LogP contribution in [0.3, 0.4) is 0 Å². The SMILES string of the molecule is CO/C=C\C/C=C\CC(C)(C)OC(=O)OC(C)C(C)C. The van der Waals surface area contributed by atoms with Crippen molar-refractivity contribution in [3.63, 3.8) is 0 Å². The van der Waals surface area contributed by atoms with Crippen molar-refractivity contribution in [2.24, 2.45) is 5.92 Å². The lowest BCUT2D eigenvalue weighted by Crippen LogP contribution is -2.30. The van der Waals surface area contributed by atoms with Gasteiger partial charge in [-0.3, -0.25) is 0 Å². The molecule has 20 heavy (non-hydrogen) atoms. The second-order valence-electron chi connectivity index (χ2n) is 5.70. The standard InChI is InChI=1S/C16H28O4/c1-13(2)14(3)19-15(17)20-16(4,5)11-9-7-8-10-12-18-6/h7,9-10,12-14H,8,11H2,1-6H3/b9-7-,12-10-. The Kier molecular flexibility index (Phi) is 8.77. The van der Waals surface area contributed by atoms with Gasteiger partial charge >= 0.3 is 6.16 Å². The fourth-order valence-electron chi connectivity index (χ4n) is 1.27. The summed E-state index contributed by atoms with van der Waals surface area (Å²) in [6.07, 6.45) is 8.20. The summed E-state index contributed by atoms with van der Waals surface area (Å²) in [6.45, 7) is 9.59. The Bertz CT molecular complexity index is 329. The molecule has 0 radical (unpaired) electrons. The van der Waals surface area contributed by atoms with E-state index in [2.05, 4.69) is 0 Å². The van der Waals surface area contributed by atoms with Crippen LogP contribution in [0.25, 0.3) is 0 Å². The molecule has 0 aliphatic rings. The number of carbonyl (C=O) groups is 1. The van der Waals surface area contributed by atoms with E-state index in [9.17, 15) is 4.79 Å². The smallest absolute Gasteiger partial charge is 0.505 e. The monoisotopic (exact) mass is 284 g/mol. The molecule has 0 N–H and O–H groups in total. The first-order valence-corrected chi connectivity index (χ1v) is 7.01. The fourth-order valence-corrected chi connectivity index (χ4v) is 1.27. The fraction of sp³-hybridized carbons (Fsp3) is 0.688. The highest BCUT2D eigenvalue weighted by atomic mass is 16.7.